The number of rotatable bonds is 4. The van der Waals surface area contributed by atoms with Crippen LogP contribution in [0.2, 0.25) is 0 Å². The van der Waals surface area contributed by atoms with Crippen molar-refractivity contribution in [2.75, 3.05) is 11.6 Å². The molecule has 4 rings (SSSR count). The average molecular weight is 398 g/mol. The van der Waals surface area contributed by atoms with Gasteiger partial charge in [-0.1, -0.05) is 25.1 Å². The van der Waals surface area contributed by atoms with Gasteiger partial charge in [0.15, 0.2) is 0 Å². The molecule has 0 aliphatic carbocycles. The largest absolute Gasteiger partial charge is 0.423 e. The van der Waals surface area contributed by atoms with E-state index in [9.17, 15) is 14.7 Å². The summed E-state index contributed by atoms with van der Waals surface area (Å²) >= 11 is 0. The first kappa shape index (κ1) is 19.1. The van der Waals surface area contributed by atoms with Crippen molar-refractivity contribution in [1.82, 2.24) is 20.5 Å². The summed E-state index contributed by atoms with van der Waals surface area (Å²) in [4.78, 5) is 31.5. The molecule has 1 aromatic carbocycles. The third-order valence-electron chi connectivity index (χ3n) is 4.95. The number of aliphatic hydroxyl groups is 1. The second-order valence-electron chi connectivity index (χ2n) is 7.03. The van der Waals surface area contributed by atoms with Gasteiger partial charge in [-0.25, -0.2) is 10.0 Å². The average Bonchev–Trinajstić information content (AvgIpc) is 3.36. The van der Waals surface area contributed by atoms with Gasteiger partial charge in [0.05, 0.1) is 11.8 Å². The monoisotopic (exact) mass is 398 g/mol. The fraction of sp³-hybridized carbons (Fsp3) is 0.421. The van der Waals surface area contributed by atoms with E-state index in [1.54, 1.807) is 31.2 Å². The molecule has 3 heterocycles. The summed E-state index contributed by atoms with van der Waals surface area (Å²) < 4.78 is 5.61. The van der Waals surface area contributed by atoms with Crippen molar-refractivity contribution < 1.29 is 19.1 Å². The molecule has 1 saturated heterocycles. The van der Waals surface area contributed by atoms with Crippen LogP contribution in [-0.4, -0.2) is 56.5 Å². The van der Waals surface area contributed by atoms with Gasteiger partial charge < -0.3 is 14.4 Å². The number of para-hydroxylation sites is 1. The van der Waals surface area contributed by atoms with E-state index < -0.39 is 24.1 Å². The molecule has 10 heteroatoms. The van der Waals surface area contributed by atoms with Crippen LogP contribution in [0.5, 0.6) is 0 Å². The third-order valence-corrected chi connectivity index (χ3v) is 4.95. The number of aliphatic imine (C=N–C) groups is 1. The van der Waals surface area contributed by atoms with Crippen LogP contribution < -0.4 is 10.4 Å². The molecule has 2 aliphatic rings. The van der Waals surface area contributed by atoms with Gasteiger partial charge in [0, 0.05) is 19.4 Å². The van der Waals surface area contributed by atoms with Gasteiger partial charge in [-0.2, -0.15) is 0 Å². The lowest BCUT2D eigenvalue weighted by molar-refractivity contribution is -0.126. The number of amides is 2. The number of nitrogens with zero attached hydrogens (tertiary/aromatic N) is 5. The second-order valence-corrected chi connectivity index (χ2v) is 7.03. The van der Waals surface area contributed by atoms with Crippen LogP contribution in [-0.2, 0) is 16.0 Å². The summed E-state index contributed by atoms with van der Waals surface area (Å²) in [5.74, 6) is 0.0669. The number of hydrogen-bond donors (Lipinski definition) is 2. The number of carbonyl (C=O) groups excluding carboxylic acids is 2. The fourth-order valence-corrected chi connectivity index (χ4v) is 3.45. The van der Waals surface area contributed by atoms with E-state index in [1.807, 2.05) is 13.0 Å². The van der Waals surface area contributed by atoms with E-state index in [-0.39, 0.29) is 24.2 Å². The highest BCUT2D eigenvalue weighted by Crippen LogP contribution is 2.32. The fourth-order valence-electron chi connectivity index (χ4n) is 3.45. The third kappa shape index (κ3) is 3.58. The van der Waals surface area contributed by atoms with E-state index in [4.69, 9.17) is 4.42 Å². The molecule has 0 saturated carbocycles. The van der Waals surface area contributed by atoms with E-state index in [0.717, 1.165) is 0 Å². The van der Waals surface area contributed by atoms with E-state index in [0.29, 0.717) is 24.4 Å². The molecule has 0 spiro atoms. The number of β-amino-alcohol motifs (C(OH)–C–C–N with tert-alkyl or cyclic N) is 1. The first-order valence-corrected chi connectivity index (χ1v) is 9.52. The lowest BCUT2D eigenvalue weighted by Crippen LogP contribution is -2.58. The van der Waals surface area contributed by atoms with E-state index in [2.05, 4.69) is 20.6 Å². The quantitative estimate of drug-likeness (QED) is 0.773. The summed E-state index contributed by atoms with van der Waals surface area (Å²) in [7, 11) is 0. The smallest absolute Gasteiger partial charge is 0.291 e. The number of carbonyl (C=O) groups is 2. The van der Waals surface area contributed by atoms with Crippen LogP contribution in [0, 0.1) is 0 Å². The Balaban J connectivity index is 1.60. The summed E-state index contributed by atoms with van der Waals surface area (Å²) in [5, 5.41) is 19.4. The molecule has 29 heavy (non-hydrogen) atoms. The summed E-state index contributed by atoms with van der Waals surface area (Å²) in [6.45, 7) is 3.64. The minimum atomic E-state index is -0.725. The van der Waals surface area contributed by atoms with Crippen molar-refractivity contribution >= 4 is 23.3 Å². The maximum Gasteiger partial charge on any atom is 0.291 e. The molecule has 10 nitrogen and oxygen atoms in total. The Bertz CT molecular complexity index is 943. The molecule has 2 aliphatic heterocycles. The number of anilines is 1. The first-order valence-electron chi connectivity index (χ1n) is 9.52. The molecule has 0 radical (unpaired) electrons. The zero-order chi connectivity index (χ0) is 20.5. The van der Waals surface area contributed by atoms with Gasteiger partial charge in [0.25, 0.3) is 11.8 Å². The molecular weight excluding hydrogens is 376 g/mol. The van der Waals surface area contributed by atoms with Crippen molar-refractivity contribution in [3.63, 3.8) is 0 Å². The van der Waals surface area contributed by atoms with Crippen LogP contribution in [0.3, 0.4) is 0 Å². The molecule has 2 aromatic rings. The Labute approximate surface area is 167 Å². The molecule has 152 valence electrons. The van der Waals surface area contributed by atoms with Gasteiger partial charge >= 0.3 is 0 Å². The van der Waals surface area contributed by atoms with Crippen LogP contribution in [0.1, 0.15) is 38.1 Å². The van der Waals surface area contributed by atoms with Crippen molar-refractivity contribution in [2.24, 2.45) is 4.99 Å². The number of aromatic nitrogens is 2. The van der Waals surface area contributed by atoms with Gasteiger partial charge in [-0.05, 0) is 19.1 Å². The van der Waals surface area contributed by atoms with Gasteiger partial charge in [-0.3, -0.25) is 15.0 Å². The first-order chi connectivity index (χ1) is 14.0. The summed E-state index contributed by atoms with van der Waals surface area (Å²) in [6.07, 6.45) is 0.159. The number of amidine groups is 1. The molecule has 1 aromatic heterocycles. The molecule has 1 unspecified atom stereocenters. The van der Waals surface area contributed by atoms with Crippen molar-refractivity contribution in [3.8, 4) is 0 Å². The van der Waals surface area contributed by atoms with Gasteiger partial charge in [0.2, 0.25) is 17.6 Å². The number of likely N-dealkylation sites (tertiary alicyclic amines) is 1. The highest BCUT2D eigenvalue weighted by molar-refractivity contribution is 6.39. The Morgan fingerprint density at radius 3 is 2.76 bits per heavy atom. The molecule has 1 fully saturated rings. The minimum absolute atomic E-state index is 0.0234. The Hall–Kier alpha value is -3.27. The highest BCUT2D eigenvalue weighted by atomic mass is 16.4. The maximum absolute atomic E-state index is 13.2. The zero-order valence-corrected chi connectivity index (χ0v) is 16.1. The van der Waals surface area contributed by atoms with E-state index in [1.165, 1.54) is 9.91 Å². The predicted molar refractivity (Wildman–Crippen MR) is 103 cm³/mol. The molecular formula is C19H22N6O4. The zero-order valence-electron chi connectivity index (χ0n) is 16.1. The van der Waals surface area contributed by atoms with E-state index >= 15 is 0 Å². The highest BCUT2D eigenvalue weighted by Gasteiger charge is 2.42. The van der Waals surface area contributed by atoms with Crippen molar-refractivity contribution in [3.05, 3.63) is 42.1 Å². The normalized spacial score (nSPS) is 24.4. The predicted octanol–water partition coefficient (Wildman–Crippen LogP) is 0.605. The maximum atomic E-state index is 13.2. The molecule has 2 amide bonds. The molecule has 0 bridgehead atoms. The van der Waals surface area contributed by atoms with Crippen LogP contribution in [0.15, 0.2) is 39.7 Å². The Morgan fingerprint density at radius 2 is 2.07 bits per heavy atom. The van der Waals surface area contributed by atoms with Crippen LogP contribution in [0.4, 0.5) is 5.69 Å². The van der Waals surface area contributed by atoms with Gasteiger partial charge in [0.1, 0.15) is 12.1 Å². The number of aliphatic hydroxyl groups excluding tert-OH is 1. The topological polar surface area (TPSA) is 124 Å². The van der Waals surface area contributed by atoms with Crippen LogP contribution in [0.25, 0.3) is 0 Å². The summed E-state index contributed by atoms with van der Waals surface area (Å²) in [5.41, 5.74) is 3.43. The van der Waals surface area contributed by atoms with Crippen LogP contribution >= 0.6 is 0 Å². The molecule has 2 N–H and O–H groups in total. The SMILES string of the molecule is CCc1nnc([C@H]2C[C@@H](O)CN2C(=O)C2=NC(C)C(=O)N(c3ccccc3)N2)o1. The number of benzene rings is 1. The standard InChI is InChI=1S/C19H22N6O4/c1-3-15-21-22-17(29-15)14-9-13(26)10-24(14)19(28)16-20-11(2)18(27)25(23-16)12-7-5-4-6-8-12/h4-8,11,13-14,26H,3,9-10H2,1-2H3,(H,20,23)/t11?,13-,14-/m1/s1. The van der Waals surface area contributed by atoms with Gasteiger partial charge in [-0.15, -0.1) is 10.2 Å². The lowest BCUT2D eigenvalue weighted by Gasteiger charge is -2.32. The number of hydrogen-bond acceptors (Lipinski definition) is 8. The Kier molecular flexibility index (Phi) is 5.01. The molecule has 3 atom stereocenters. The number of aryl methyl sites for hydroxylation is 1. The van der Waals surface area contributed by atoms with Crippen molar-refractivity contribution in [1.29, 1.82) is 0 Å². The lowest BCUT2D eigenvalue weighted by atomic mass is 10.2. The Morgan fingerprint density at radius 1 is 1.31 bits per heavy atom. The minimum Gasteiger partial charge on any atom is -0.423 e. The van der Waals surface area contributed by atoms with Crippen molar-refractivity contribution in [2.45, 2.75) is 44.9 Å². The summed E-state index contributed by atoms with van der Waals surface area (Å²) in [6, 6.07) is 7.69. The number of hydrazine groups is 1. The second kappa shape index (κ2) is 7.63. The number of nitrogens with one attached hydrogen (secondary N) is 1.